The summed E-state index contributed by atoms with van der Waals surface area (Å²) in [6.07, 6.45) is 6.99. The lowest BCUT2D eigenvalue weighted by Gasteiger charge is -2.21. The maximum atomic E-state index is 9.37. The van der Waals surface area contributed by atoms with Crippen molar-refractivity contribution >= 4 is 0 Å². The minimum absolute atomic E-state index is 0.243. The summed E-state index contributed by atoms with van der Waals surface area (Å²) in [4.78, 5) is 0. The van der Waals surface area contributed by atoms with Crippen molar-refractivity contribution in [1.82, 2.24) is 0 Å². The molecule has 10 heavy (non-hydrogen) atoms. The van der Waals surface area contributed by atoms with E-state index in [1.54, 1.807) is 12.2 Å². The van der Waals surface area contributed by atoms with Crippen molar-refractivity contribution in [2.75, 3.05) is 6.61 Å². The summed E-state index contributed by atoms with van der Waals surface area (Å²) in [5.41, 5.74) is -1.10. The molecule has 0 aromatic carbocycles. The van der Waals surface area contributed by atoms with Gasteiger partial charge in [0, 0.05) is 0 Å². The summed E-state index contributed by atoms with van der Waals surface area (Å²) in [5.74, 6) is 0.367. The highest BCUT2D eigenvalue weighted by Gasteiger charge is 2.20. The van der Waals surface area contributed by atoms with Crippen LogP contribution in [0.25, 0.3) is 0 Å². The Bertz CT molecular complexity index is 156. The highest BCUT2D eigenvalue weighted by molar-refractivity contribution is 5.21. The van der Waals surface area contributed by atoms with Gasteiger partial charge in [-0.25, -0.2) is 0 Å². The van der Waals surface area contributed by atoms with Crippen molar-refractivity contribution in [1.29, 1.82) is 0 Å². The van der Waals surface area contributed by atoms with E-state index in [2.05, 4.69) is 0 Å². The Morgan fingerprint density at radius 1 is 1.40 bits per heavy atom. The van der Waals surface area contributed by atoms with E-state index in [4.69, 9.17) is 5.11 Å². The Morgan fingerprint density at radius 2 is 1.90 bits per heavy atom. The van der Waals surface area contributed by atoms with E-state index in [-0.39, 0.29) is 6.61 Å². The fourth-order valence-corrected chi connectivity index (χ4v) is 0.862. The van der Waals surface area contributed by atoms with Gasteiger partial charge >= 0.3 is 0 Å². The summed E-state index contributed by atoms with van der Waals surface area (Å²) >= 11 is 0. The summed E-state index contributed by atoms with van der Waals surface area (Å²) in [6, 6.07) is 0. The second kappa shape index (κ2) is 2.56. The molecule has 0 amide bonds. The van der Waals surface area contributed by atoms with E-state index in [0.717, 1.165) is 0 Å². The second-order valence-electron chi connectivity index (χ2n) is 2.73. The Morgan fingerprint density at radius 3 is 2.30 bits per heavy atom. The van der Waals surface area contributed by atoms with Crippen LogP contribution in [0.2, 0.25) is 0 Å². The van der Waals surface area contributed by atoms with Gasteiger partial charge in [-0.05, 0) is 5.92 Å². The molecule has 0 unspecified atom stereocenters. The van der Waals surface area contributed by atoms with Gasteiger partial charge in [0.2, 0.25) is 0 Å². The first-order valence-corrected chi connectivity index (χ1v) is 3.38. The summed E-state index contributed by atoms with van der Waals surface area (Å²) in [7, 11) is 0. The van der Waals surface area contributed by atoms with Crippen LogP contribution in [0.1, 0.15) is 6.92 Å². The lowest BCUT2D eigenvalue weighted by molar-refractivity contribution is 0.0659. The lowest BCUT2D eigenvalue weighted by atomic mass is 9.94. The van der Waals surface area contributed by atoms with Gasteiger partial charge in [0.15, 0.2) is 0 Å². The first-order chi connectivity index (χ1) is 4.66. The molecular weight excluding hydrogens is 128 g/mol. The van der Waals surface area contributed by atoms with Crippen LogP contribution < -0.4 is 0 Å². The Hall–Kier alpha value is -0.600. The van der Waals surface area contributed by atoms with Crippen LogP contribution in [0.5, 0.6) is 0 Å². The number of allylic oxidation sites excluding steroid dienone is 2. The van der Waals surface area contributed by atoms with Gasteiger partial charge in [-0.1, -0.05) is 31.2 Å². The van der Waals surface area contributed by atoms with E-state index in [1.807, 2.05) is 19.1 Å². The van der Waals surface area contributed by atoms with Crippen LogP contribution in [0.15, 0.2) is 24.3 Å². The fourth-order valence-electron chi connectivity index (χ4n) is 0.862. The zero-order valence-electron chi connectivity index (χ0n) is 5.99. The zero-order valence-corrected chi connectivity index (χ0v) is 5.99. The van der Waals surface area contributed by atoms with Gasteiger partial charge in [0.1, 0.15) is 5.60 Å². The molecule has 0 saturated carbocycles. The molecule has 1 rings (SSSR count). The van der Waals surface area contributed by atoms with Crippen LogP contribution >= 0.6 is 0 Å². The maximum absolute atomic E-state index is 9.37. The van der Waals surface area contributed by atoms with E-state index in [9.17, 15) is 5.11 Å². The first-order valence-electron chi connectivity index (χ1n) is 3.38. The molecule has 0 radical (unpaired) electrons. The minimum atomic E-state index is -1.10. The van der Waals surface area contributed by atoms with E-state index in [0.29, 0.717) is 5.92 Å². The monoisotopic (exact) mass is 140 g/mol. The van der Waals surface area contributed by atoms with Crippen LogP contribution in [-0.2, 0) is 0 Å². The number of aliphatic hydroxyl groups is 2. The average molecular weight is 140 g/mol. The Balaban J connectivity index is 2.69. The van der Waals surface area contributed by atoms with Crippen LogP contribution in [0.3, 0.4) is 0 Å². The summed E-state index contributed by atoms with van der Waals surface area (Å²) in [6.45, 7) is 1.77. The maximum Gasteiger partial charge on any atom is 0.124 e. The molecule has 0 spiro atoms. The predicted octanol–water partition coefficient (Wildman–Crippen LogP) is 0.472. The van der Waals surface area contributed by atoms with Crippen molar-refractivity contribution in [3.8, 4) is 0 Å². The normalized spacial score (nSPS) is 38.5. The average Bonchev–Trinajstić information content (AvgIpc) is 1.96. The molecule has 0 bridgehead atoms. The zero-order chi connectivity index (χ0) is 7.61. The van der Waals surface area contributed by atoms with Crippen LogP contribution in [0.4, 0.5) is 0 Å². The molecule has 1 aliphatic carbocycles. The van der Waals surface area contributed by atoms with Gasteiger partial charge < -0.3 is 10.2 Å². The largest absolute Gasteiger partial charge is 0.393 e. The van der Waals surface area contributed by atoms with Gasteiger partial charge in [-0.2, -0.15) is 0 Å². The Kier molecular flexibility index (Phi) is 1.92. The Labute approximate surface area is 60.5 Å². The molecule has 56 valence electrons. The van der Waals surface area contributed by atoms with Crippen molar-refractivity contribution in [3.05, 3.63) is 24.3 Å². The van der Waals surface area contributed by atoms with Crippen molar-refractivity contribution in [3.63, 3.8) is 0 Å². The molecule has 0 aromatic heterocycles. The standard InChI is InChI=1S/C8H12O2/c1-7-2-4-8(10,6-9)5-3-7/h2-5,7,9-10H,6H2,1H3. The molecule has 0 heterocycles. The van der Waals surface area contributed by atoms with E-state index < -0.39 is 5.60 Å². The molecule has 0 aromatic rings. The van der Waals surface area contributed by atoms with Crippen molar-refractivity contribution in [2.24, 2.45) is 5.92 Å². The molecule has 0 aliphatic heterocycles. The van der Waals surface area contributed by atoms with Gasteiger partial charge in [-0.15, -0.1) is 0 Å². The number of hydrogen-bond acceptors (Lipinski definition) is 2. The smallest absolute Gasteiger partial charge is 0.124 e. The highest BCUT2D eigenvalue weighted by atomic mass is 16.3. The molecule has 1 aliphatic rings. The van der Waals surface area contributed by atoms with E-state index >= 15 is 0 Å². The SMILES string of the molecule is CC1C=CC(O)(CO)C=C1. The second-order valence-corrected chi connectivity index (χ2v) is 2.73. The number of rotatable bonds is 1. The first kappa shape index (κ1) is 7.51. The number of aliphatic hydroxyl groups excluding tert-OH is 1. The van der Waals surface area contributed by atoms with Gasteiger partial charge in [0.05, 0.1) is 6.61 Å². The third kappa shape index (κ3) is 1.46. The third-order valence-corrected chi connectivity index (χ3v) is 1.63. The summed E-state index contributed by atoms with van der Waals surface area (Å²) < 4.78 is 0. The molecule has 2 heteroatoms. The molecular formula is C8H12O2. The van der Waals surface area contributed by atoms with Crippen molar-refractivity contribution in [2.45, 2.75) is 12.5 Å². The van der Waals surface area contributed by atoms with Crippen LogP contribution in [0, 0.1) is 5.92 Å². The number of hydrogen-bond donors (Lipinski definition) is 2. The molecule has 2 N–H and O–H groups in total. The molecule has 0 atom stereocenters. The quantitative estimate of drug-likeness (QED) is 0.520. The highest BCUT2D eigenvalue weighted by Crippen LogP contribution is 2.17. The van der Waals surface area contributed by atoms with Gasteiger partial charge in [0.25, 0.3) is 0 Å². The minimum Gasteiger partial charge on any atom is -0.393 e. The predicted molar refractivity (Wildman–Crippen MR) is 39.5 cm³/mol. The fraction of sp³-hybridized carbons (Fsp3) is 0.500. The topological polar surface area (TPSA) is 40.5 Å². The van der Waals surface area contributed by atoms with Crippen LogP contribution in [-0.4, -0.2) is 22.4 Å². The summed E-state index contributed by atoms with van der Waals surface area (Å²) in [5, 5.41) is 18.1. The molecule has 0 saturated heterocycles. The molecule has 2 nitrogen and oxygen atoms in total. The third-order valence-electron chi connectivity index (χ3n) is 1.63. The van der Waals surface area contributed by atoms with Crippen molar-refractivity contribution < 1.29 is 10.2 Å². The van der Waals surface area contributed by atoms with E-state index in [1.165, 1.54) is 0 Å². The lowest BCUT2D eigenvalue weighted by Crippen LogP contribution is -2.29. The molecule has 0 fully saturated rings. The van der Waals surface area contributed by atoms with Gasteiger partial charge in [-0.3, -0.25) is 0 Å².